The molecule has 0 aliphatic heterocycles. The lowest BCUT2D eigenvalue weighted by Crippen LogP contribution is -2.03. The van der Waals surface area contributed by atoms with E-state index in [9.17, 15) is 0 Å². The largest absolute Gasteiger partial charge is 0.436 e. The Hall–Kier alpha value is -3.85. The van der Waals surface area contributed by atoms with Crippen LogP contribution in [-0.2, 0) is 0 Å². The molecule has 5 aromatic carbocycles. The zero-order valence-electron chi connectivity index (χ0n) is 16.6. The number of benzene rings is 5. The number of oxazole rings is 1. The second-order valence-corrected chi connectivity index (χ2v) is 7.77. The van der Waals surface area contributed by atoms with Crippen LogP contribution < -0.4 is 5.46 Å². The topological polar surface area (TPSA) is 26.0 Å². The summed E-state index contributed by atoms with van der Waals surface area (Å²) in [6.45, 7) is 0. The summed E-state index contributed by atoms with van der Waals surface area (Å²) in [6.07, 6.45) is 0. The van der Waals surface area contributed by atoms with Gasteiger partial charge in [-0.1, -0.05) is 78.3 Å². The molecule has 6 aromatic rings. The van der Waals surface area contributed by atoms with Gasteiger partial charge in [0.2, 0.25) is 5.89 Å². The van der Waals surface area contributed by atoms with E-state index in [-0.39, 0.29) is 0 Å². The van der Waals surface area contributed by atoms with Crippen LogP contribution in [0.2, 0.25) is 0 Å². The molecule has 0 amide bonds. The zero-order chi connectivity index (χ0) is 20.1. The molecule has 0 N–H and O–H groups in total. The smallest absolute Gasteiger partial charge is 0.227 e. The molecule has 2 nitrogen and oxygen atoms in total. The van der Waals surface area contributed by atoms with Crippen LogP contribution in [-0.4, -0.2) is 12.8 Å². The highest BCUT2D eigenvalue weighted by molar-refractivity contribution is 6.33. The van der Waals surface area contributed by atoms with Crippen molar-refractivity contribution in [2.24, 2.45) is 0 Å². The number of para-hydroxylation sites is 2. The minimum absolute atomic E-state index is 0.658. The normalized spacial score (nSPS) is 11.5. The van der Waals surface area contributed by atoms with Crippen molar-refractivity contribution in [1.82, 2.24) is 4.98 Å². The molecule has 0 aliphatic rings. The maximum atomic E-state index is 6.06. The van der Waals surface area contributed by atoms with Gasteiger partial charge in [0.1, 0.15) is 13.4 Å². The molecule has 1 aromatic heterocycles. The molecule has 140 valence electrons. The number of hydrogen-bond acceptors (Lipinski definition) is 2. The van der Waals surface area contributed by atoms with E-state index in [1.807, 2.05) is 24.3 Å². The van der Waals surface area contributed by atoms with Gasteiger partial charge in [-0.15, -0.1) is 0 Å². The maximum absolute atomic E-state index is 6.06. The summed E-state index contributed by atoms with van der Waals surface area (Å²) in [5.41, 5.74) is 6.31. The Kier molecular flexibility index (Phi) is 3.75. The lowest BCUT2D eigenvalue weighted by molar-refractivity contribution is 0.620. The maximum Gasteiger partial charge on any atom is 0.227 e. The Morgan fingerprint density at radius 1 is 0.633 bits per heavy atom. The van der Waals surface area contributed by atoms with E-state index in [0.29, 0.717) is 5.89 Å². The highest BCUT2D eigenvalue weighted by Crippen LogP contribution is 2.37. The van der Waals surface area contributed by atoms with Gasteiger partial charge >= 0.3 is 0 Å². The molecule has 0 atom stereocenters. The lowest BCUT2D eigenvalue weighted by Gasteiger charge is -2.13. The molecule has 6 rings (SSSR count). The van der Waals surface area contributed by atoms with Crippen molar-refractivity contribution in [1.29, 1.82) is 0 Å². The van der Waals surface area contributed by atoms with E-state index in [1.54, 1.807) is 0 Å². The number of fused-ring (bicyclic) bond motifs is 3. The summed E-state index contributed by atoms with van der Waals surface area (Å²) >= 11 is 0. The van der Waals surface area contributed by atoms with Crippen LogP contribution in [0.4, 0.5) is 0 Å². The molecule has 0 saturated heterocycles. The predicted molar refractivity (Wildman–Crippen MR) is 128 cm³/mol. The summed E-state index contributed by atoms with van der Waals surface area (Å²) in [7, 11) is 2.13. The fourth-order valence-electron chi connectivity index (χ4n) is 4.37. The van der Waals surface area contributed by atoms with Crippen molar-refractivity contribution >= 4 is 46.0 Å². The minimum Gasteiger partial charge on any atom is -0.436 e. The van der Waals surface area contributed by atoms with Crippen LogP contribution in [0.1, 0.15) is 0 Å². The first kappa shape index (κ1) is 17.1. The minimum atomic E-state index is 0.658. The fourth-order valence-corrected chi connectivity index (χ4v) is 4.37. The summed E-state index contributed by atoms with van der Waals surface area (Å²) in [4.78, 5) is 4.72. The molecule has 3 heteroatoms. The Morgan fingerprint density at radius 2 is 1.27 bits per heavy atom. The Balaban J connectivity index is 1.65. The van der Waals surface area contributed by atoms with Crippen molar-refractivity contribution in [3.05, 3.63) is 97.1 Å². The van der Waals surface area contributed by atoms with Gasteiger partial charge in [0.25, 0.3) is 0 Å². The summed E-state index contributed by atoms with van der Waals surface area (Å²) in [6, 6.07) is 34.0. The zero-order valence-corrected chi connectivity index (χ0v) is 16.6. The van der Waals surface area contributed by atoms with Crippen LogP contribution in [0.15, 0.2) is 101 Å². The number of nitrogens with zero attached hydrogens (tertiary/aromatic N) is 1. The first-order valence-corrected chi connectivity index (χ1v) is 10.1. The van der Waals surface area contributed by atoms with E-state index in [1.165, 1.54) is 38.1 Å². The van der Waals surface area contributed by atoms with Gasteiger partial charge in [0, 0.05) is 5.56 Å². The molecule has 0 aliphatic carbocycles. The number of hydrogen-bond donors (Lipinski definition) is 0. The van der Waals surface area contributed by atoms with E-state index in [0.717, 1.165) is 16.7 Å². The summed E-state index contributed by atoms with van der Waals surface area (Å²) in [5.74, 6) is 0.658. The van der Waals surface area contributed by atoms with Crippen LogP contribution in [0, 0.1) is 0 Å². The number of aromatic nitrogens is 1. The van der Waals surface area contributed by atoms with Gasteiger partial charge < -0.3 is 4.42 Å². The fraction of sp³-hybridized carbons (Fsp3) is 0. The van der Waals surface area contributed by atoms with E-state index < -0.39 is 0 Å². The third kappa shape index (κ3) is 2.71. The third-order valence-electron chi connectivity index (χ3n) is 5.68. The van der Waals surface area contributed by atoms with Crippen molar-refractivity contribution in [2.45, 2.75) is 0 Å². The van der Waals surface area contributed by atoms with Crippen LogP contribution in [0.3, 0.4) is 0 Å². The van der Waals surface area contributed by atoms with Crippen molar-refractivity contribution in [3.63, 3.8) is 0 Å². The average Bonchev–Trinajstić information content (AvgIpc) is 3.21. The molecular weight excluding hydrogens is 365 g/mol. The molecular formula is C27H18BNO. The monoisotopic (exact) mass is 383 g/mol. The molecule has 0 radical (unpaired) electrons. The standard InChI is InChI=1S/C27H18BNO/c28-21-15-19(14-20(16-21)27-29-24-11-5-6-12-25(24)30-27)26-22-9-3-1-7-17(22)13-18-8-2-4-10-23(18)26/h1-16H,28H2. The van der Waals surface area contributed by atoms with Crippen molar-refractivity contribution in [3.8, 4) is 22.6 Å². The van der Waals surface area contributed by atoms with Gasteiger partial charge in [-0.3, -0.25) is 0 Å². The second kappa shape index (κ2) is 6.60. The first-order valence-electron chi connectivity index (χ1n) is 10.1. The summed E-state index contributed by atoms with van der Waals surface area (Å²) < 4.78 is 6.06. The van der Waals surface area contributed by atoms with E-state index in [2.05, 4.69) is 80.6 Å². The Labute approximate surface area is 175 Å². The van der Waals surface area contributed by atoms with Crippen LogP contribution in [0.25, 0.3) is 55.2 Å². The number of rotatable bonds is 2. The van der Waals surface area contributed by atoms with Gasteiger partial charge in [-0.05, 0) is 56.9 Å². The molecule has 0 saturated carbocycles. The molecule has 30 heavy (non-hydrogen) atoms. The average molecular weight is 383 g/mol. The highest BCUT2D eigenvalue weighted by atomic mass is 16.3. The van der Waals surface area contributed by atoms with Gasteiger partial charge in [-0.25, -0.2) is 4.98 Å². The van der Waals surface area contributed by atoms with Gasteiger partial charge in [0.05, 0.1) is 0 Å². The highest BCUT2D eigenvalue weighted by Gasteiger charge is 2.14. The quantitative estimate of drug-likeness (QED) is 0.282. The summed E-state index contributed by atoms with van der Waals surface area (Å²) in [5, 5.41) is 5.00. The first-order chi connectivity index (χ1) is 14.8. The molecule has 0 unspecified atom stereocenters. The van der Waals surface area contributed by atoms with Crippen molar-refractivity contribution in [2.75, 3.05) is 0 Å². The van der Waals surface area contributed by atoms with Gasteiger partial charge in [0.15, 0.2) is 5.58 Å². The Bertz CT molecular complexity index is 1480. The molecule has 0 fully saturated rings. The van der Waals surface area contributed by atoms with Crippen LogP contribution >= 0.6 is 0 Å². The molecule has 1 heterocycles. The third-order valence-corrected chi connectivity index (χ3v) is 5.68. The second-order valence-electron chi connectivity index (χ2n) is 7.77. The van der Waals surface area contributed by atoms with Gasteiger partial charge in [-0.2, -0.15) is 0 Å². The van der Waals surface area contributed by atoms with E-state index in [4.69, 9.17) is 9.40 Å². The van der Waals surface area contributed by atoms with Crippen molar-refractivity contribution < 1.29 is 4.42 Å². The van der Waals surface area contributed by atoms with Crippen LogP contribution in [0.5, 0.6) is 0 Å². The molecule has 0 bridgehead atoms. The SMILES string of the molecule is Bc1cc(-c2nc3ccccc3o2)cc(-c2c3ccccc3cc3ccccc23)c1. The Morgan fingerprint density at radius 3 is 2.00 bits per heavy atom. The van der Waals surface area contributed by atoms with E-state index >= 15 is 0 Å². The lowest BCUT2D eigenvalue weighted by atomic mass is 9.86. The predicted octanol–water partition coefficient (Wildman–Crippen LogP) is 5.73. The molecule has 0 spiro atoms.